The van der Waals surface area contributed by atoms with Gasteiger partial charge in [-0.15, -0.1) is 0 Å². The number of non-ortho nitro benzene ring substituents is 1. The van der Waals surface area contributed by atoms with Crippen LogP contribution >= 0.6 is 12.2 Å². The lowest BCUT2D eigenvalue weighted by Crippen LogP contribution is -2.33. The van der Waals surface area contributed by atoms with Gasteiger partial charge in [-0.2, -0.15) is 0 Å². The first-order valence-electron chi connectivity index (χ1n) is 8.38. The molecule has 7 nitrogen and oxygen atoms in total. The van der Waals surface area contributed by atoms with Gasteiger partial charge in [-0.1, -0.05) is 18.2 Å². The Morgan fingerprint density at radius 1 is 1.07 bits per heavy atom. The van der Waals surface area contributed by atoms with Crippen LogP contribution in [0.4, 0.5) is 11.4 Å². The largest absolute Gasteiger partial charge is 0.451 e. The SMILES string of the molecule is Cc1ccc(-c2ccc(C(=O)NC(=S)Nc3cccc([N+](=O)[O-])c3)o2)cc1C. The molecule has 0 fully saturated rings. The molecule has 0 unspecified atom stereocenters. The minimum atomic E-state index is -0.516. The van der Waals surface area contributed by atoms with Crippen LogP contribution in [0, 0.1) is 24.0 Å². The number of rotatable bonds is 4. The van der Waals surface area contributed by atoms with Gasteiger partial charge in [0.25, 0.3) is 11.6 Å². The quantitative estimate of drug-likeness (QED) is 0.381. The van der Waals surface area contributed by atoms with Crippen molar-refractivity contribution >= 4 is 34.6 Å². The average molecular weight is 395 g/mol. The molecule has 28 heavy (non-hydrogen) atoms. The van der Waals surface area contributed by atoms with Crippen LogP contribution in [0.1, 0.15) is 21.7 Å². The summed E-state index contributed by atoms with van der Waals surface area (Å²) in [6.07, 6.45) is 0. The Hall–Kier alpha value is -3.52. The molecule has 0 saturated carbocycles. The molecular weight excluding hydrogens is 378 g/mol. The van der Waals surface area contributed by atoms with E-state index in [1.165, 1.54) is 23.8 Å². The minimum absolute atomic E-state index is 0.00892. The molecule has 3 aromatic rings. The first-order chi connectivity index (χ1) is 13.3. The predicted molar refractivity (Wildman–Crippen MR) is 110 cm³/mol. The Morgan fingerprint density at radius 2 is 1.86 bits per heavy atom. The van der Waals surface area contributed by atoms with Gasteiger partial charge in [0.15, 0.2) is 10.9 Å². The maximum absolute atomic E-state index is 12.3. The molecule has 0 bridgehead atoms. The van der Waals surface area contributed by atoms with Gasteiger partial charge >= 0.3 is 0 Å². The van der Waals surface area contributed by atoms with Crippen molar-refractivity contribution in [3.05, 3.63) is 81.6 Å². The van der Waals surface area contributed by atoms with Crippen LogP contribution < -0.4 is 10.6 Å². The molecule has 3 rings (SSSR count). The second-order valence-corrected chi connectivity index (χ2v) is 6.59. The Bertz CT molecular complexity index is 1070. The molecule has 0 aliphatic heterocycles. The number of nitrogens with one attached hydrogen (secondary N) is 2. The number of furan rings is 1. The van der Waals surface area contributed by atoms with E-state index in [2.05, 4.69) is 10.6 Å². The first kappa shape index (κ1) is 19.2. The molecule has 142 valence electrons. The number of carbonyl (C=O) groups is 1. The van der Waals surface area contributed by atoms with Gasteiger partial charge in [-0.05, 0) is 61.5 Å². The third-order valence-electron chi connectivity index (χ3n) is 4.16. The molecular formula is C20H17N3O4S. The van der Waals surface area contributed by atoms with Crippen molar-refractivity contribution in [2.45, 2.75) is 13.8 Å². The van der Waals surface area contributed by atoms with E-state index >= 15 is 0 Å². The van der Waals surface area contributed by atoms with Crippen LogP contribution in [-0.2, 0) is 0 Å². The van der Waals surface area contributed by atoms with Crippen LogP contribution in [0.15, 0.2) is 59.0 Å². The number of aryl methyl sites for hydroxylation is 2. The van der Waals surface area contributed by atoms with E-state index in [0.29, 0.717) is 11.4 Å². The first-order valence-corrected chi connectivity index (χ1v) is 8.78. The van der Waals surface area contributed by atoms with Crippen molar-refractivity contribution in [2.24, 2.45) is 0 Å². The van der Waals surface area contributed by atoms with Gasteiger partial charge in [-0.25, -0.2) is 0 Å². The van der Waals surface area contributed by atoms with Gasteiger partial charge in [0.2, 0.25) is 0 Å². The number of thiocarbonyl (C=S) groups is 1. The molecule has 0 radical (unpaired) electrons. The van der Waals surface area contributed by atoms with Crippen molar-refractivity contribution in [2.75, 3.05) is 5.32 Å². The maximum atomic E-state index is 12.3. The van der Waals surface area contributed by atoms with Crippen molar-refractivity contribution in [3.63, 3.8) is 0 Å². The van der Waals surface area contributed by atoms with Crippen LogP contribution in [0.5, 0.6) is 0 Å². The number of nitro benzene ring substituents is 1. The van der Waals surface area contributed by atoms with E-state index in [4.69, 9.17) is 16.6 Å². The molecule has 2 aromatic carbocycles. The minimum Gasteiger partial charge on any atom is -0.451 e. The molecule has 1 aromatic heterocycles. The number of anilines is 1. The molecule has 0 aliphatic rings. The number of benzene rings is 2. The average Bonchev–Trinajstić information content (AvgIpc) is 3.14. The molecule has 1 heterocycles. The molecule has 0 saturated heterocycles. The highest BCUT2D eigenvalue weighted by atomic mass is 32.1. The number of amides is 1. The Kier molecular flexibility index (Phi) is 5.51. The van der Waals surface area contributed by atoms with Gasteiger partial charge < -0.3 is 9.73 Å². The standard InChI is InChI=1S/C20H17N3O4S/c1-12-6-7-14(10-13(12)2)17-8-9-18(27-17)19(24)22-20(28)21-15-4-3-5-16(11-15)23(25)26/h3-11H,1-2H3,(H2,21,22,24,28). The fourth-order valence-electron chi connectivity index (χ4n) is 2.53. The fourth-order valence-corrected chi connectivity index (χ4v) is 2.74. The normalized spacial score (nSPS) is 10.4. The highest BCUT2D eigenvalue weighted by Gasteiger charge is 2.15. The van der Waals surface area contributed by atoms with Crippen molar-refractivity contribution in [1.29, 1.82) is 0 Å². The van der Waals surface area contributed by atoms with Crippen LogP contribution in [0.2, 0.25) is 0 Å². The zero-order valence-corrected chi connectivity index (χ0v) is 16.0. The summed E-state index contributed by atoms with van der Waals surface area (Å²) in [7, 11) is 0. The van der Waals surface area contributed by atoms with Gasteiger partial charge in [0.05, 0.1) is 4.92 Å². The summed E-state index contributed by atoms with van der Waals surface area (Å²) in [5.74, 6) is 0.167. The molecule has 1 amide bonds. The fraction of sp³-hybridized carbons (Fsp3) is 0.100. The monoisotopic (exact) mass is 395 g/mol. The number of hydrogen-bond acceptors (Lipinski definition) is 5. The Labute approximate surface area is 166 Å². The van der Waals surface area contributed by atoms with E-state index in [9.17, 15) is 14.9 Å². The lowest BCUT2D eigenvalue weighted by molar-refractivity contribution is -0.384. The van der Waals surface area contributed by atoms with Crippen LogP contribution in [0.3, 0.4) is 0 Å². The summed E-state index contributed by atoms with van der Waals surface area (Å²) in [5.41, 5.74) is 3.49. The summed E-state index contributed by atoms with van der Waals surface area (Å²) in [6, 6.07) is 15.0. The van der Waals surface area contributed by atoms with Crippen molar-refractivity contribution in [3.8, 4) is 11.3 Å². The second-order valence-electron chi connectivity index (χ2n) is 6.18. The van der Waals surface area contributed by atoms with Crippen LogP contribution in [-0.4, -0.2) is 15.9 Å². The molecule has 0 atom stereocenters. The highest BCUT2D eigenvalue weighted by Crippen LogP contribution is 2.24. The van der Waals surface area contributed by atoms with E-state index < -0.39 is 10.8 Å². The summed E-state index contributed by atoms with van der Waals surface area (Å²) in [4.78, 5) is 22.7. The van der Waals surface area contributed by atoms with Gasteiger partial charge in [0, 0.05) is 23.4 Å². The molecule has 2 N–H and O–H groups in total. The van der Waals surface area contributed by atoms with Crippen LogP contribution in [0.25, 0.3) is 11.3 Å². The van der Waals surface area contributed by atoms with Gasteiger partial charge in [0.1, 0.15) is 5.76 Å². The van der Waals surface area contributed by atoms with E-state index in [0.717, 1.165) is 11.1 Å². The lowest BCUT2D eigenvalue weighted by atomic mass is 10.1. The highest BCUT2D eigenvalue weighted by molar-refractivity contribution is 7.80. The second kappa shape index (κ2) is 8.01. The summed E-state index contributed by atoms with van der Waals surface area (Å²) >= 11 is 5.10. The number of hydrogen-bond donors (Lipinski definition) is 2. The third kappa shape index (κ3) is 4.41. The zero-order chi connectivity index (χ0) is 20.3. The summed E-state index contributed by atoms with van der Waals surface area (Å²) in [6.45, 7) is 4.03. The molecule has 0 spiro atoms. The van der Waals surface area contributed by atoms with Crippen molar-refractivity contribution in [1.82, 2.24) is 5.32 Å². The Morgan fingerprint density at radius 3 is 2.57 bits per heavy atom. The van der Waals surface area contributed by atoms with E-state index in [1.807, 2.05) is 32.0 Å². The number of nitrogens with zero attached hydrogens (tertiary/aromatic N) is 1. The molecule has 8 heteroatoms. The summed E-state index contributed by atoms with van der Waals surface area (Å²) < 4.78 is 5.64. The number of carbonyl (C=O) groups excluding carboxylic acids is 1. The Balaban J connectivity index is 1.67. The number of nitro groups is 1. The smallest absolute Gasteiger partial charge is 0.293 e. The topological polar surface area (TPSA) is 97.4 Å². The van der Waals surface area contributed by atoms with Gasteiger partial charge in [-0.3, -0.25) is 20.2 Å². The van der Waals surface area contributed by atoms with E-state index in [-0.39, 0.29) is 16.6 Å². The van der Waals surface area contributed by atoms with E-state index in [1.54, 1.807) is 18.2 Å². The predicted octanol–water partition coefficient (Wildman–Crippen LogP) is 4.60. The summed E-state index contributed by atoms with van der Waals surface area (Å²) in [5, 5.41) is 16.1. The van der Waals surface area contributed by atoms with Crippen molar-refractivity contribution < 1.29 is 14.1 Å². The zero-order valence-electron chi connectivity index (χ0n) is 15.2. The lowest BCUT2D eigenvalue weighted by Gasteiger charge is -2.08. The molecule has 0 aliphatic carbocycles. The maximum Gasteiger partial charge on any atom is 0.293 e. The third-order valence-corrected chi connectivity index (χ3v) is 4.37.